The van der Waals surface area contributed by atoms with Gasteiger partial charge in [0.05, 0.1) is 6.42 Å². The second-order valence-corrected chi connectivity index (χ2v) is 3.49. The first kappa shape index (κ1) is 10.0. The lowest BCUT2D eigenvalue weighted by atomic mass is 10.1. The number of carboxylic acids is 1. The molecule has 0 aromatic heterocycles. The monoisotopic (exact) mass is 185 g/mol. The fourth-order valence-electron chi connectivity index (χ4n) is 1.17. The fraction of sp³-hybridized carbons (Fsp3) is 0.778. The van der Waals surface area contributed by atoms with E-state index in [9.17, 15) is 9.59 Å². The van der Waals surface area contributed by atoms with E-state index in [2.05, 4.69) is 5.32 Å². The van der Waals surface area contributed by atoms with Gasteiger partial charge in [-0.05, 0) is 19.3 Å². The molecule has 1 rings (SSSR count). The Morgan fingerprint density at radius 1 is 1.54 bits per heavy atom. The molecule has 1 aliphatic carbocycles. The molecule has 0 bridgehead atoms. The summed E-state index contributed by atoms with van der Waals surface area (Å²) in [6.45, 7) is 1.88. The summed E-state index contributed by atoms with van der Waals surface area (Å²) in [7, 11) is 0. The maximum atomic E-state index is 11.3. The van der Waals surface area contributed by atoms with Gasteiger partial charge in [-0.15, -0.1) is 0 Å². The van der Waals surface area contributed by atoms with Gasteiger partial charge in [0.2, 0.25) is 5.91 Å². The van der Waals surface area contributed by atoms with Crippen LogP contribution in [0.4, 0.5) is 0 Å². The highest BCUT2D eigenvalue weighted by atomic mass is 16.4. The number of carbonyl (C=O) groups is 2. The van der Waals surface area contributed by atoms with Gasteiger partial charge < -0.3 is 10.4 Å². The lowest BCUT2D eigenvalue weighted by Gasteiger charge is -2.14. The average molecular weight is 185 g/mol. The summed E-state index contributed by atoms with van der Waals surface area (Å²) in [5, 5.41) is 11.3. The number of nitrogens with one attached hydrogen (secondary N) is 1. The number of hydrogen-bond acceptors (Lipinski definition) is 2. The SMILES string of the molecule is CCC(CC(=O)O)NC(=O)C1CC1. The molecule has 0 radical (unpaired) electrons. The first-order valence-corrected chi connectivity index (χ1v) is 4.65. The van der Waals surface area contributed by atoms with Gasteiger partial charge >= 0.3 is 5.97 Å². The molecule has 0 aliphatic heterocycles. The quantitative estimate of drug-likeness (QED) is 0.664. The first-order chi connectivity index (χ1) is 6.13. The van der Waals surface area contributed by atoms with Crippen molar-refractivity contribution in [3.63, 3.8) is 0 Å². The van der Waals surface area contributed by atoms with Gasteiger partial charge in [0.25, 0.3) is 0 Å². The predicted molar refractivity (Wildman–Crippen MR) is 47.2 cm³/mol. The topological polar surface area (TPSA) is 66.4 Å². The highest BCUT2D eigenvalue weighted by Gasteiger charge is 2.30. The Balaban J connectivity index is 2.29. The summed E-state index contributed by atoms with van der Waals surface area (Å²) in [4.78, 5) is 21.6. The predicted octanol–water partition coefficient (Wildman–Crippen LogP) is 0.766. The van der Waals surface area contributed by atoms with E-state index in [4.69, 9.17) is 5.11 Å². The van der Waals surface area contributed by atoms with E-state index in [1.807, 2.05) is 6.92 Å². The molecule has 0 aromatic rings. The Hall–Kier alpha value is -1.06. The fourth-order valence-corrected chi connectivity index (χ4v) is 1.17. The molecule has 0 saturated heterocycles. The standard InChI is InChI=1S/C9H15NO3/c1-2-7(5-8(11)12)10-9(13)6-3-4-6/h6-7H,2-5H2,1H3,(H,10,13)(H,11,12). The van der Waals surface area contributed by atoms with Gasteiger partial charge in [-0.1, -0.05) is 6.92 Å². The summed E-state index contributed by atoms with van der Waals surface area (Å²) < 4.78 is 0. The van der Waals surface area contributed by atoms with Crippen molar-refractivity contribution in [3.05, 3.63) is 0 Å². The molecule has 0 aromatic carbocycles. The third-order valence-electron chi connectivity index (χ3n) is 2.21. The van der Waals surface area contributed by atoms with Crippen LogP contribution in [0.3, 0.4) is 0 Å². The van der Waals surface area contributed by atoms with Crippen LogP contribution in [-0.2, 0) is 9.59 Å². The lowest BCUT2D eigenvalue weighted by molar-refractivity contribution is -0.137. The molecule has 13 heavy (non-hydrogen) atoms. The number of rotatable bonds is 5. The van der Waals surface area contributed by atoms with Crippen molar-refractivity contribution in [3.8, 4) is 0 Å². The number of amides is 1. The average Bonchev–Trinajstić information content (AvgIpc) is 2.84. The van der Waals surface area contributed by atoms with Crippen molar-refractivity contribution in [1.82, 2.24) is 5.32 Å². The molecule has 74 valence electrons. The van der Waals surface area contributed by atoms with Gasteiger partial charge in [-0.2, -0.15) is 0 Å². The molecule has 1 unspecified atom stereocenters. The Morgan fingerprint density at radius 3 is 2.54 bits per heavy atom. The highest BCUT2D eigenvalue weighted by molar-refractivity contribution is 5.81. The van der Waals surface area contributed by atoms with Crippen LogP contribution in [0, 0.1) is 5.92 Å². The van der Waals surface area contributed by atoms with Crippen LogP contribution in [0.25, 0.3) is 0 Å². The van der Waals surface area contributed by atoms with Crippen LogP contribution >= 0.6 is 0 Å². The molecule has 4 nitrogen and oxygen atoms in total. The second-order valence-electron chi connectivity index (χ2n) is 3.49. The largest absolute Gasteiger partial charge is 0.481 e. The zero-order valence-corrected chi connectivity index (χ0v) is 7.75. The van der Waals surface area contributed by atoms with Crippen LogP contribution in [-0.4, -0.2) is 23.0 Å². The third kappa shape index (κ3) is 3.44. The van der Waals surface area contributed by atoms with Crippen molar-refractivity contribution >= 4 is 11.9 Å². The Kier molecular flexibility index (Phi) is 3.28. The summed E-state index contributed by atoms with van der Waals surface area (Å²) in [5.41, 5.74) is 0. The Bertz CT molecular complexity index is 211. The van der Waals surface area contributed by atoms with Crippen LogP contribution in [0.15, 0.2) is 0 Å². The third-order valence-corrected chi connectivity index (χ3v) is 2.21. The minimum absolute atomic E-state index is 0.0214. The van der Waals surface area contributed by atoms with Crippen molar-refractivity contribution in [2.24, 2.45) is 5.92 Å². The molecule has 1 saturated carbocycles. The molecule has 0 heterocycles. The molecular formula is C9H15NO3. The molecule has 1 fully saturated rings. The van der Waals surface area contributed by atoms with Gasteiger partial charge in [0, 0.05) is 12.0 Å². The molecule has 0 spiro atoms. The zero-order chi connectivity index (χ0) is 9.84. The van der Waals surface area contributed by atoms with Crippen LogP contribution in [0.1, 0.15) is 32.6 Å². The molecule has 1 atom stereocenters. The van der Waals surface area contributed by atoms with Gasteiger partial charge in [-0.3, -0.25) is 9.59 Å². The summed E-state index contributed by atoms with van der Waals surface area (Å²) in [6.07, 6.45) is 2.60. The summed E-state index contributed by atoms with van der Waals surface area (Å²) >= 11 is 0. The van der Waals surface area contributed by atoms with Crippen LogP contribution in [0.5, 0.6) is 0 Å². The van der Waals surface area contributed by atoms with Gasteiger partial charge in [-0.25, -0.2) is 0 Å². The van der Waals surface area contributed by atoms with Crippen molar-refractivity contribution in [2.75, 3.05) is 0 Å². The van der Waals surface area contributed by atoms with E-state index in [0.29, 0.717) is 6.42 Å². The maximum absolute atomic E-state index is 11.3. The first-order valence-electron chi connectivity index (χ1n) is 4.65. The lowest BCUT2D eigenvalue weighted by Crippen LogP contribution is -2.36. The minimum atomic E-state index is -0.858. The molecular weight excluding hydrogens is 170 g/mol. The van der Waals surface area contributed by atoms with Crippen molar-refractivity contribution in [2.45, 2.75) is 38.6 Å². The Labute approximate surface area is 77.3 Å². The molecule has 2 N–H and O–H groups in total. The molecule has 1 aliphatic rings. The van der Waals surface area contributed by atoms with Crippen LogP contribution < -0.4 is 5.32 Å². The number of hydrogen-bond donors (Lipinski definition) is 2. The van der Waals surface area contributed by atoms with Crippen molar-refractivity contribution in [1.29, 1.82) is 0 Å². The number of aliphatic carboxylic acids is 1. The maximum Gasteiger partial charge on any atom is 0.305 e. The van der Waals surface area contributed by atoms with E-state index in [0.717, 1.165) is 12.8 Å². The van der Waals surface area contributed by atoms with Gasteiger partial charge in [0.1, 0.15) is 0 Å². The normalized spacial score (nSPS) is 17.9. The highest BCUT2D eigenvalue weighted by Crippen LogP contribution is 2.29. The number of carbonyl (C=O) groups excluding carboxylic acids is 1. The molecule has 4 heteroatoms. The van der Waals surface area contributed by atoms with E-state index < -0.39 is 5.97 Å². The number of carboxylic acid groups (broad SMARTS) is 1. The van der Waals surface area contributed by atoms with Crippen LogP contribution in [0.2, 0.25) is 0 Å². The van der Waals surface area contributed by atoms with E-state index in [1.165, 1.54) is 0 Å². The minimum Gasteiger partial charge on any atom is -0.481 e. The molecule has 1 amide bonds. The smallest absolute Gasteiger partial charge is 0.305 e. The van der Waals surface area contributed by atoms with Gasteiger partial charge in [0.15, 0.2) is 0 Å². The summed E-state index contributed by atoms with van der Waals surface area (Å²) in [6, 6.07) is -0.203. The zero-order valence-electron chi connectivity index (χ0n) is 7.75. The van der Waals surface area contributed by atoms with Crippen molar-refractivity contribution < 1.29 is 14.7 Å². The van der Waals surface area contributed by atoms with E-state index in [-0.39, 0.29) is 24.3 Å². The van der Waals surface area contributed by atoms with E-state index in [1.54, 1.807) is 0 Å². The van der Waals surface area contributed by atoms with E-state index >= 15 is 0 Å². The summed E-state index contributed by atoms with van der Waals surface area (Å²) in [5.74, 6) is -0.682. The second kappa shape index (κ2) is 4.25. The Morgan fingerprint density at radius 2 is 2.15 bits per heavy atom.